The quantitative estimate of drug-likeness (QED) is 0.851. The first-order valence-corrected chi connectivity index (χ1v) is 5.85. The van der Waals surface area contributed by atoms with Gasteiger partial charge in [0.25, 0.3) is 0 Å². The molecule has 0 saturated heterocycles. The number of aliphatic hydroxyl groups excluding tert-OH is 1. The summed E-state index contributed by atoms with van der Waals surface area (Å²) in [6.45, 7) is -0.107. The lowest BCUT2D eigenvalue weighted by Gasteiger charge is -2.28. The van der Waals surface area contributed by atoms with Crippen molar-refractivity contribution in [1.29, 1.82) is 0 Å². The van der Waals surface area contributed by atoms with E-state index in [0.717, 1.165) is 12.8 Å². The molecule has 1 aromatic rings. The molecule has 0 aliphatic heterocycles. The molecule has 0 radical (unpaired) electrons. The lowest BCUT2D eigenvalue weighted by Crippen LogP contribution is -2.30. The largest absolute Gasteiger partial charge is 0.392 e. The van der Waals surface area contributed by atoms with Gasteiger partial charge in [-0.3, -0.25) is 0 Å². The maximum atomic E-state index is 13.8. The number of para-hydroxylation sites is 1. The summed E-state index contributed by atoms with van der Waals surface area (Å²) < 4.78 is 13.8. The van der Waals surface area contributed by atoms with Crippen molar-refractivity contribution < 1.29 is 9.50 Å². The minimum Gasteiger partial charge on any atom is -0.392 e. The molecule has 0 bridgehead atoms. The molecular formula is C13H18FNO. The molecule has 1 aliphatic carbocycles. The molecule has 1 N–H and O–H groups in total. The molecule has 1 aliphatic rings. The van der Waals surface area contributed by atoms with Gasteiger partial charge in [-0.15, -0.1) is 0 Å². The molecule has 1 saturated carbocycles. The summed E-state index contributed by atoms with van der Waals surface area (Å²) in [5, 5.41) is 9.24. The van der Waals surface area contributed by atoms with Gasteiger partial charge >= 0.3 is 0 Å². The maximum Gasteiger partial charge on any atom is 0.146 e. The molecule has 0 unspecified atom stereocenters. The van der Waals surface area contributed by atoms with Crippen LogP contribution in [0.4, 0.5) is 10.1 Å². The number of hydrogen-bond acceptors (Lipinski definition) is 2. The fourth-order valence-corrected chi connectivity index (χ4v) is 2.56. The lowest BCUT2D eigenvalue weighted by atomic mass is 10.1. The van der Waals surface area contributed by atoms with Crippen LogP contribution in [0.2, 0.25) is 0 Å². The van der Waals surface area contributed by atoms with E-state index in [4.69, 9.17) is 0 Å². The van der Waals surface area contributed by atoms with Crippen molar-refractivity contribution in [2.45, 2.75) is 38.3 Å². The monoisotopic (exact) mass is 223 g/mol. The summed E-state index contributed by atoms with van der Waals surface area (Å²) in [6.07, 6.45) is 4.68. The van der Waals surface area contributed by atoms with Crippen molar-refractivity contribution in [3.63, 3.8) is 0 Å². The normalized spacial score (nSPS) is 16.7. The molecule has 0 atom stereocenters. The van der Waals surface area contributed by atoms with Gasteiger partial charge in [-0.05, 0) is 18.9 Å². The summed E-state index contributed by atoms with van der Waals surface area (Å²) in [7, 11) is 1.92. The van der Waals surface area contributed by atoms with Crippen LogP contribution in [-0.4, -0.2) is 18.2 Å². The van der Waals surface area contributed by atoms with E-state index in [0.29, 0.717) is 17.3 Å². The zero-order valence-corrected chi connectivity index (χ0v) is 9.62. The number of benzene rings is 1. The highest BCUT2D eigenvalue weighted by Gasteiger charge is 2.23. The van der Waals surface area contributed by atoms with E-state index >= 15 is 0 Å². The number of rotatable bonds is 3. The first-order valence-electron chi connectivity index (χ1n) is 5.85. The van der Waals surface area contributed by atoms with Crippen LogP contribution >= 0.6 is 0 Å². The third-order valence-electron chi connectivity index (χ3n) is 3.47. The van der Waals surface area contributed by atoms with Gasteiger partial charge in [0.05, 0.1) is 12.3 Å². The first kappa shape index (κ1) is 11.4. The molecular weight excluding hydrogens is 205 g/mol. The van der Waals surface area contributed by atoms with Crippen LogP contribution in [0.3, 0.4) is 0 Å². The average molecular weight is 223 g/mol. The molecule has 1 fully saturated rings. The second kappa shape index (κ2) is 4.83. The first-order chi connectivity index (χ1) is 7.74. The summed E-state index contributed by atoms with van der Waals surface area (Å²) in [5.74, 6) is -0.235. The predicted octanol–water partition coefficient (Wildman–Crippen LogP) is 2.70. The van der Waals surface area contributed by atoms with Crippen LogP contribution in [0, 0.1) is 5.82 Å². The fraction of sp³-hybridized carbons (Fsp3) is 0.538. The van der Waals surface area contributed by atoms with Crippen LogP contribution in [0.5, 0.6) is 0 Å². The highest BCUT2D eigenvalue weighted by atomic mass is 19.1. The van der Waals surface area contributed by atoms with Crippen LogP contribution in [0.15, 0.2) is 18.2 Å². The van der Waals surface area contributed by atoms with Gasteiger partial charge in [0, 0.05) is 18.7 Å². The molecule has 2 nitrogen and oxygen atoms in total. The molecule has 0 amide bonds. The Bertz CT molecular complexity index is 361. The van der Waals surface area contributed by atoms with Crippen LogP contribution < -0.4 is 4.90 Å². The van der Waals surface area contributed by atoms with Gasteiger partial charge in [0.15, 0.2) is 0 Å². The smallest absolute Gasteiger partial charge is 0.146 e. The Balaban J connectivity index is 2.30. The molecule has 3 heteroatoms. The van der Waals surface area contributed by atoms with Crippen molar-refractivity contribution in [2.75, 3.05) is 11.9 Å². The number of anilines is 1. The third kappa shape index (κ3) is 2.05. The molecule has 1 aromatic carbocycles. The number of halogens is 1. The fourth-order valence-electron chi connectivity index (χ4n) is 2.56. The standard InChI is InChI=1S/C13H18FNO/c1-15(11-6-2-3-7-11)13-10(9-16)5-4-8-12(13)14/h4-5,8,11,16H,2-3,6-7,9H2,1H3. The van der Waals surface area contributed by atoms with Crippen molar-refractivity contribution >= 4 is 5.69 Å². The highest BCUT2D eigenvalue weighted by molar-refractivity contribution is 5.55. The van der Waals surface area contributed by atoms with Crippen LogP contribution in [0.1, 0.15) is 31.2 Å². The second-order valence-corrected chi connectivity index (χ2v) is 4.45. The summed E-state index contributed by atoms with van der Waals surface area (Å²) >= 11 is 0. The zero-order valence-electron chi connectivity index (χ0n) is 9.62. The number of nitrogens with zero attached hydrogens (tertiary/aromatic N) is 1. The van der Waals surface area contributed by atoms with E-state index in [2.05, 4.69) is 0 Å². The Morgan fingerprint density at radius 1 is 1.38 bits per heavy atom. The van der Waals surface area contributed by atoms with Crippen LogP contribution in [0.25, 0.3) is 0 Å². The van der Waals surface area contributed by atoms with Gasteiger partial charge in [-0.2, -0.15) is 0 Å². The van der Waals surface area contributed by atoms with Crippen molar-refractivity contribution in [1.82, 2.24) is 0 Å². The summed E-state index contributed by atoms with van der Waals surface area (Å²) in [4.78, 5) is 1.99. The highest BCUT2D eigenvalue weighted by Crippen LogP contribution is 2.31. The van der Waals surface area contributed by atoms with E-state index in [-0.39, 0.29) is 12.4 Å². The van der Waals surface area contributed by atoms with Gasteiger partial charge in [0.1, 0.15) is 5.82 Å². The van der Waals surface area contributed by atoms with E-state index in [9.17, 15) is 9.50 Å². The number of aliphatic hydroxyl groups is 1. The van der Waals surface area contributed by atoms with Gasteiger partial charge < -0.3 is 10.0 Å². The lowest BCUT2D eigenvalue weighted by molar-refractivity contribution is 0.281. The van der Waals surface area contributed by atoms with Gasteiger partial charge in [-0.1, -0.05) is 25.0 Å². The molecule has 0 aromatic heterocycles. The zero-order chi connectivity index (χ0) is 11.5. The Morgan fingerprint density at radius 2 is 2.06 bits per heavy atom. The maximum absolute atomic E-state index is 13.8. The van der Waals surface area contributed by atoms with Gasteiger partial charge in [0.2, 0.25) is 0 Å². The molecule has 2 rings (SSSR count). The van der Waals surface area contributed by atoms with E-state index in [1.807, 2.05) is 11.9 Å². The Morgan fingerprint density at radius 3 is 2.69 bits per heavy atom. The Hall–Kier alpha value is -1.09. The van der Waals surface area contributed by atoms with Gasteiger partial charge in [-0.25, -0.2) is 4.39 Å². The summed E-state index contributed by atoms with van der Waals surface area (Å²) in [5.41, 5.74) is 1.24. The second-order valence-electron chi connectivity index (χ2n) is 4.45. The van der Waals surface area contributed by atoms with Crippen molar-refractivity contribution in [3.05, 3.63) is 29.6 Å². The topological polar surface area (TPSA) is 23.5 Å². The molecule has 16 heavy (non-hydrogen) atoms. The Labute approximate surface area is 95.7 Å². The predicted molar refractivity (Wildman–Crippen MR) is 63.0 cm³/mol. The van der Waals surface area contributed by atoms with E-state index < -0.39 is 0 Å². The van der Waals surface area contributed by atoms with E-state index in [1.54, 1.807) is 12.1 Å². The third-order valence-corrected chi connectivity index (χ3v) is 3.47. The molecule has 0 heterocycles. The minimum atomic E-state index is -0.235. The summed E-state index contributed by atoms with van der Waals surface area (Å²) in [6, 6.07) is 5.30. The Kier molecular flexibility index (Phi) is 3.44. The number of hydrogen-bond donors (Lipinski definition) is 1. The van der Waals surface area contributed by atoms with Crippen LogP contribution in [-0.2, 0) is 6.61 Å². The average Bonchev–Trinajstić information content (AvgIpc) is 2.81. The molecule has 0 spiro atoms. The SMILES string of the molecule is CN(c1c(F)cccc1CO)C1CCCC1. The minimum absolute atomic E-state index is 0.107. The molecule has 88 valence electrons. The van der Waals surface area contributed by atoms with Crippen molar-refractivity contribution in [3.8, 4) is 0 Å². The van der Waals surface area contributed by atoms with Crippen molar-refractivity contribution in [2.24, 2.45) is 0 Å². The van der Waals surface area contributed by atoms with E-state index in [1.165, 1.54) is 18.9 Å².